The second-order valence-electron chi connectivity index (χ2n) is 4.07. The molecule has 0 fully saturated rings. The Bertz CT molecular complexity index is 563. The van der Waals surface area contributed by atoms with E-state index in [1.54, 1.807) is 36.1 Å². The maximum absolute atomic E-state index is 10.6. The minimum Gasteiger partial charge on any atom is -0.389 e. The van der Waals surface area contributed by atoms with Crippen molar-refractivity contribution in [1.29, 1.82) is 0 Å². The molecular formula is C12H13N3O3. The van der Waals surface area contributed by atoms with Crippen molar-refractivity contribution in [2.24, 2.45) is 0 Å². The van der Waals surface area contributed by atoms with E-state index in [1.807, 2.05) is 0 Å². The summed E-state index contributed by atoms with van der Waals surface area (Å²) in [6.07, 6.45) is 2.75. The molecule has 6 nitrogen and oxygen atoms in total. The van der Waals surface area contributed by atoms with Crippen LogP contribution in [0, 0.1) is 10.1 Å². The first kappa shape index (κ1) is 12.3. The number of nitro benzene ring substituents is 1. The van der Waals surface area contributed by atoms with Crippen molar-refractivity contribution >= 4 is 5.69 Å². The van der Waals surface area contributed by atoms with Gasteiger partial charge in [0.2, 0.25) is 0 Å². The number of nitrogens with zero attached hydrogens (tertiary/aromatic N) is 3. The average Bonchev–Trinajstić information content (AvgIpc) is 2.78. The van der Waals surface area contributed by atoms with Gasteiger partial charge in [-0.1, -0.05) is 12.1 Å². The lowest BCUT2D eigenvalue weighted by Gasteiger charge is -2.02. The molecule has 0 bridgehead atoms. The maximum Gasteiger partial charge on any atom is 0.269 e. The number of rotatable bonds is 4. The van der Waals surface area contributed by atoms with Crippen molar-refractivity contribution in [3.8, 4) is 0 Å². The number of aliphatic hydroxyl groups is 1. The van der Waals surface area contributed by atoms with Crippen LogP contribution in [0.1, 0.15) is 24.2 Å². The quantitative estimate of drug-likeness (QED) is 0.660. The molecule has 6 heteroatoms. The molecule has 1 atom stereocenters. The smallest absolute Gasteiger partial charge is 0.269 e. The number of hydrogen-bond donors (Lipinski definition) is 1. The summed E-state index contributed by atoms with van der Waals surface area (Å²) in [5, 5.41) is 24.1. The van der Waals surface area contributed by atoms with Gasteiger partial charge in [-0.25, -0.2) is 0 Å². The SMILES string of the molecule is CC(O)c1cnn(Cc2cccc([N+](=O)[O-])c2)c1. The Hall–Kier alpha value is -2.21. The summed E-state index contributed by atoms with van der Waals surface area (Å²) >= 11 is 0. The van der Waals surface area contributed by atoms with Gasteiger partial charge in [0.05, 0.1) is 23.8 Å². The Morgan fingerprint density at radius 1 is 1.56 bits per heavy atom. The van der Waals surface area contributed by atoms with Crippen LogP contribution in [0.15, 0.2) is 36.7 Å². The Kier molecular flexibility index (Phi) is 3.38. The van der Waals surface area contributed by atoms with E-state index in [-0.39, 0.29) is 5.69 Å². The Morgan fingerprint density at radius 2 is 2.33 bits per heavy atom. The van der Waals surface area contributed by atoms with E-state index in [2.05, 4.69) is 5.10 Å². The van der Waals surface area contributed by atoms with E-state index >= 15 is 0 Å². The molecule has 1 heterocycles. The molecular weight excluding hydrogens is 234 g/mol. The van der Waals surface area contributed by atoms with Crippen molar-refractivity contribution in [3.63, 3.8) is 0 Å². The molecule has 1 aromatic carbocycles. The molecule has 1 aromatic heterocycles. The summed E-state index contributed by atoms with van der Waals surface area (Å²) < 4.78 is 1.64. The van der Waals surface area contributed by atoms with E-state index in [9.17, 15) is 15.2 Å². The summed E-state index contributed by atoms with van der Waals surface area (Å²) in [5.74, 6) is 0. The van der Waals surface area contributed by atoms with Crippen molar-refractivity contribution in [2.45, 2.75) is 19.6 Å². The summed E-state index contributed by atoms with van der Waals surface area (Å²) in [5.41, 5.74) is 1.58. The zero-order chi connectivity index (χ0) is 13.1. The van der Waals surface area contributed by atoms with Crippen LogP contribution in [-0.4, -0.2) is 19.8 Å². The first-order valence-corrected chi connectivity index (χ1v) is 5.50. The Morgan fingerprint density at radius 3 is 2.94 bits per heavy atom. The highest BCUT2D eigenvalue weighted by Crippen LogP contribution is 2.15. The number of nitro groups is 1. The number of aliphatic hydroxyl groups excluding tert-OH is 1. The molecule has 2 aromatic rings. The highest BCUT2D eigenvalue weighted by atomic mass is 16.6. The lowest BCUT2D eigenvalue weighted by Crippen LogP contribution is -2.00. The van der Waals surface area contributed by atoms with Crippen LogP contribution in [0.3, 0.4) is 0 Å². The van der Waals surface area contributed by atoms with Crippen LogP contribution >= 0.6 is 0 Å². The van der Waals surface area contributed by atoms with E-state index in [0.29, 0.717) is 6.54 Å². The number of benzene rings is 1. The largest absolute Gasteiger partial charge is 0.389 e. The molecule has 0 aliphatic rings. The fourth-order valence-corrected chi connectivity index (χ4v) is 1.64. The molecule has 0 amide bonds. The monoisotopic (exact) mass is 247 g/mol. The lowest BCUT2D eigenvalue weighted by atomic mass is 10.2. The van der Waals surface area contributed by atoms with Gasteiger partial charge in [-0.05, 0) is 12.5 Å². The molecule has 0 aliphatic heterocycles. The fourth-order valence-electron chi connectivity index (χ4n) is 1.64. The second kappa shape index (κ2) is 4.97. The third-order valence-corrected chi connectivity index (χ3v) is 2.60. The van der Waals surface area contributed by atoms with Crippen molar-refractivity contribution < 1.29 is 10.0 Å². The molecule has 0 spiro atoms. The maximum atomic E-state index is 10.6. The number of hydrogen-bond acceptors (Lipinski definition) is 4. The number of aromatic nitrogens is 2. The molecule has 0 aliphatic carbocycles. The predicted octanol–water partition coefficient (Wildman–Crippen LogP) is 1.89. The lowest BCUT2D eigenvalue weighted by molar-refractivity contribution is -0.384. The molecule has 2 rings (SSSR count). The highest BCUT2D eigenvalue weighted by molar-refractivity contribution is 5.34. The van der Waals surface area contributed by atoms with Gasteiger partial charge in [-0.3, -0.25) is 14.8 Å². The second-order valence-corrected chi connectivity index (χ2v) is 4.07. The Balaban J connectivity index is 2.17. The zero-order valence-corrected chi connectivity index (χ0v) is 9.85. The van der Waals surface area contributed by atoms with Gasteiger partial charge < -0.3 is 5.11 Å². The van der Waals surface area contributed by atoms with Crippen LogP contribution in [0.5, 0.6) is 0 Å². The van der Waals surface area contributed by atoms with Crippen LogP contribution in [0.2, 0.25) is 0 Å². The van der Waals surface area contributed by atoms with E-state index in [1.165, 1.54) is 12.1 Å². The van der Waals surface area contributed by atoms with E-state index in [4.69, 9.17) is 0 Å². The average molecular weight is 247 g/mol. The summed E-state index contributed by atoms with van der Waals surface area (Å²) in [6.45, 7) is 2.10. The molecule has 0 saturated carbocycles. The van der Waals surface area contributed by atoms with Gasteiger partial charge in [0.25, 0.3) is 5.69 Å². The Labute approximate surface area is 104 Å². The van der Waals surface area contributed by atoms with Crippen LogP contribution < -0.4 is 0 Å². The third-order valence-electron chi connectivity index (χ3n) is 2.60. The van der Waals surface area contributed by atoms with Crippen LogP contribution in [0.25, 0.3) is 0 Å². The summed E-state index contributed by atoms with van der Waals surface area (Å²) in [4.78, 5) is 10.2. The van der Waals surface area contributed by atoms with Gasteiger partial charge >= 0.3 is 0 Å². The summed E-state index contributed by atoms with van der Waals surface area (Å²) in [7, 11) is 0. The molecule has 94 valence electrons. The van der Waals surface area contributed by atoms with Crippen LogP contribution in [-0.2, 0) is 6.54 Å². The van der Waals surface area contributed by atoms with Gasteiger partial charge in [0.15, 0.2) is 0 Å². The first-order chi connectivity index (χ1) is 8.56. The zero-order valence-electron chi connectivity index (χ0n) is 9.85. The normalized spacial score (nSPS) is 12.3. The molecule has 1 unspecified atom stereocenters. The van der Waals surface area contributed by atoms with E-state index < -0.39 is 11.0 Å². The third kappa shape index (κ3) is 2.72. The van der Waals surface area contributed by atoms with Crippen molar-refractivity contribution in [2.75, 3.05) is 0 Å². The standard InChI is InChI=1S/C12H13N3O3/c1-9(16)11-6-13-14(8-11)7-10-3-2-4-12(5-10)15(17)18/h2-6,8-9,16H,7H2,1H3. The highest BCUT2D eigenvalue weighted by Gasteiger charge is 2.08. The van der Waals surface area contributed by atoms with Crippen molar-refractivity contribution in [3.05, 3.63) is 57.9 Å². The van der Waals surface area contributed by atoms with Gasteiger partial charge in [-0.2, -0.15) is 5.10 Å². The summed E-state index contributed by atoms with van der Waals surface area (Å²) in [6, 6.07) is 6.42. The molecule has 1 N–H and O–H groups in total. The van der Waals surface area contributed by atoms with Gasteiger partial charge in [0, 0.05) is 23.9 Å². The van der Waals surface area contributed by atoms with Crippen LogP contribution in [0.4, 0.5) is 5.69 Å². The van der Waals surface area contributed by atoms with Crippen molar-refractivity contribution in [1.82, 2.24) is 9.78 Å². The molecule has 0 saturated heterocycles. The molecule has 0 radical (unpaired) electrons. The van der Waals surface area contributed by atoms with Gasteiger partial charge in [0.1, 0.15) is 0 Å². The van der Waals surface area contributed by atoms with Gasteiger partial charge in [-0.15, -0.1) is 0 Å². The number of non-ortho nitro benzene ring substituents is 1. The first-order valence-electron chi connectivity index (χ1n) is 5.50. The van der Waals surface area contributed by atoms with E-state index in [0.717, 1.165) is 11.1 Å². The topological polar surface area (TPSA) is 81.2 Å². The fraction of sp³-hybridized carbons (Fsp3) is 0.250. The minimum absolute atomic E-state index is 0.0652. The molecule has 18 heavy (non-hydrogen) atoms. The predicted molar refractivity (Wildman–Crippen MR) is 65.1 cm³/mol. The minimum atomic E-state index is -0.566.